The smallest absolute Gasteiger partial charge is 0.0186 e. The summed E-state index contributed by atoms with van der Waals surface area (Å²) in [5.74, 6) is 5.62. The molecule has 0 saturated heterocycles. The first-order valence-corrected chi connectivity index (χ1v) is 7.04. The van der Waals surface area contributed by atoms with Gasteiger partial charge in [0.2, 0.25) is 0 Å². The maximum atomic E-state index is 3.51. The van der Waals surface area contributed by atoms with Crippen molar-refractivity contribution in [3.63, 3.8) is 0 Å². The first-order valence-electron chi connectivity index (χ1n) is 7.04. The second-order valence-corrected chi connectivity index (χ2v) is 6.25. The first kappa shape index (κ1) is 9.99. The fourth-order valence-corrected chi connectivity index (χ4v) is 4.77. The second-order valence-electron chi connectivity index (χ2n) is 6.25. The number of nitrogens with one attached hydrogen (secondary N) is 1. The summed E-state index contributed by atoms with van der Waals surface area (Å²) in [7, 11) is 0. The third kappa shape index (κ3) is 1.59. The zero-order valence-electron chi connectivity index (χ0n) is 10.2. The van der Waals surface area contributed by atoms with Crippen LogP contribution in [0, 0.1) is 29.6 Å². The lowest BCUT2D eigenvalue weighted by Crippen LogP contribution is -2.46. The molecular formula is C16H20N. The Balaban J connectivity index is 1.64. The molecule has 0 aromatic carbocycles. The van der Waals surface area contributed by atoms with Gasteiger partial charge in [-0.3, -0.25) is 0 Å². The Kier molecular flexibility index (Phi) is 2.21. The highest BCUT2D eigenvalue weighted by Crippen LogP contribution is 2.59. The average molecular weight is 226 g/mol. The minimum Gasteiger partial charge on any atom is -0.365 e. The van der Waals surface area contributed by atoms with Gasteiger partial charge in [-0.25, -0.2) is 0 Å². The summed E-state index contributed by atoms with van der Waals surface area (Å²) >= 11 is 0. The molecule has 4 fully saturated rings. The molecule has 5 rings (SSSR count). The van der Waals surface area contributed by atoms with Gasteiger partial charge in [-0.1, -0.05) is 12.2 Å². The van der Waals surface area contributed by atoms with Gasteiger partial charge in [-0.2, -0.15) is 0 Å². The van der Waals surface area contributed by atoms with Crippen molar-refractivity contribution in [3.05, 3.63) is 42.1 Å². The third-order valence-electron chi connectivity index (χ3n) is 5.13. The van der Waals surface area contributed by atoms with Crippen LogP contribution in [-0.2, 0) is 0 Å². The van der Waals surface area contributed by atoms with Gasteiger partial charge in [0, 0.05) is 17.8 Å². The second kappa shape index (κ2) is 3.76. The molecule has 0 spiro atoms. The molecule has 3 unspecified atom stereocenters. The summed E-state index contributed by atoms with van der Waals surface area (Å²) in [6.45, 7) is 0. The van der Waals surface area contributed by atoms with E-state index in [0.29, 0.717) is 0 Å². The molecule has 0 aromatic rings. The van der Waals surface area contributed by atoms with Crippen molar-refractivity contribution in [2.75, 3.05) is 0 Å². The van der Waals surface area contributed by atoms with Crippen LogP contribution < -0.4 is 5.32 Å². The van der Waals surface area contributed by atoms with Gasteiger partial charge in [0.15, 0.2) is 0 Å². The predicted octanol–water partition coefficient (Wildman–Crippen LogP) is 3.57. The molecule has 4 bridgehead atoms. The molecule has 89 valence electrons. The van der Waals surface area contributed by atoms with Crippen molar-refractivity contribution >= 4 is 0 Å². The van der Waals surface area contributed by atoms with Crippen LogP contribution in [0.3, 0.4) is 0 Å². The monoisotopic (exact) mass is 226 g/mol. The van der Waals surface area contributed by atoms with Crippen LogP contribution in [0.1, 0.15) is 32.1 Å². The highest BCUT2D eigenvalue weighted by molar-refractivity contribution is 5.30. The van der Waals surface area contributed by atoms with Crippen LogP contribution in [0.5, 0.6) is 0 Å². The minimum atomic E-state index is 0.746. The normalized spacial score (nSPS) is 43.4. The molecule has 4 saturated carbocycles. The molecule has 17 heavy (non-hydrogen) atoms. The van der Waals surface area contributed by atoms with Gasteiger partial charge in [0.1, 0.15) is 0 Å². The number of hydrogen-bond donors (Lipinski definition) is 1. The van der Waals surface area contributed by atoms with E-state index in [2.05, 4.69) is 35.8 Å². The standard InChI is InChI=1S/C16H20N/c1-2-4-15(17-5-3-1)16-13-7-11-6-12(9-13)10-14(16)8-11/h1-5,11-13,16-17H,6-10H2. The molecule has 3 atom stereocenters. The lowest BCUT2D eigenvalue weighted by atomic mass is 9.51. The Hall–Kier alpha value is -0.980. The van der Waals surface area contributed by atoms with E-state index >= 15 is 0 Å². The van der Waals surface area contributed by atoms with Gasteiger partial charge >= 0.3 is 0 Å². The summed E-state index contributed by atoms with van der Waals surface area (Å²) in [6, 6.07) is 0. The van der Waals surface area contributed by atoms with E-state index in [1.807, 2.05) is 5.92 Å². The molecule has 1 aliphatic heterocycles. The van der Waals surface area contributed by atoms with Gasteiger partial charge in [-0.15, -0.1) is 0 Å². The predicted molar refractivity (Wildman–Crippen MR) is 69.8 cm³/mol. The molecule has 1 heteroatoms. The number of rotatable bonds is 1. The number of allylic oxidation sites excluding steroid dienone is 5. The molecule has 1 heterocycles. The van der Waals surface area contributed by atoms with Crippen molar-refractivity contribution in [2.24, 2.45) is 23.7 Å². The average Bonchev–Trinajstić information content (AvgIpc) is 2.56. The summed E-state index contributed by atoms with van der Waals surface area (Å²) in [5.41, 5.74) is 1.45. The third-order valence-corrected chi connectivity index (χ3v) is 5.13. The zero-order chi connectivity index (χ0) is 11.2. The van der Waals surface area contributed by atoms with Crippen LogP contribution in [0.4, 0.5) is 0 Å². The van der Waals surface area contributed by atoms with Crippen molar-refractivity contribution in [1.29, 1.82) is 0 Å². The maximum absolute atomic E-state index is 3.51. The zero-order valence-corrected chi connectivity index (χ0v) is 10.2. The molecule has 1 radical (unpaired) electrons. The molecule has 0 aromatic heterocycles. The fraction of sp³-hybridized carbons (Fsp3) is 0.562. The van der Waals surface area contributed by atoms with Crippen LogP contribution in [0.2, 0.25) is 0 Å². The number of hydrogen-bond acceptors (Lipinski definition) is 1. The van der Waals surface area contributed by atoms with Crippen LogP contribution >= 0.6 is 0 Å². The highest BCUT2D eigenvalue weighted by atomic mass is 14.9. The summed E-state index contributed by atoms with van der Waals surface area (Å²) < 4.78 is 0. The maximum Gasteiger partial charge on any atom is 0.0186 e. The lowest BCUT2D eigenvalue weighted by Gasteiger charge is -2.54. The van der Waals surface area contributed by atoms with E-state index in [9.17, 15) is 0 Å². The van der Waals surface area contributed by atoms with E-state index in [1.54, 1.807) is 0 Å². The summed E-state index contributed by atoms with van der Waals surface area (Å²) in [5, 5.41) is 3.51. The molecule has 4 aliphatic carbocycles. The molecule has 1 nitrogen and oxygen atoms in total. The molecule has 1 N–H and O–H groups in total. The van der Waals surface area contributed by atoms with Crippen LogP contribution in [0.15, 0.2) is 36.2 Å². The topological polar surface area (TPSA) is 12.0 Å². The van der Waals surface area contributed by atoms with Crippen LogP contribution in [0.25, 0.3) is 0 Å². The van der Waals surface area contributed by atoms with Crippen molar-refractivity contribution < 1.29 is 0 Å². The fourth-order valence-electron chi connectivity index (χ4n) is 4.77. The van der Waals surface area contributed by atoms with E-state index < -0.39 is 0 Å². The van der Waals surface area contributed by atoms with Crippen molar-refractivity contribution in [3.8, 4) is 0 Å². The van der Waals surface area contributed by atoms with E-state index in [0.717, 1.165) is 23.7 Å². The minimum absolute atomic E-state index is 0.746. The SMILES string of the molecule is C1=CC=C(C2[C]3CC4CC(C3)CC2C4)NC=C1. The van der Waals surface area contributed by atoms with Crippen LogP contribution in [-0.4, -0.2) is 0 Å². The molecule has 5 aliphatic rings. The Morgan fingerprint density at radius 3 is 2.53 bits per heavy atom. The van der Waals surface area contributed by atoms with Crippen molar-refractivity contribution in [2.45, 2.75) is 32.1 Å². The summed E-state index contributed by atoms with van der Waals surface area (Å²) in [4.78, 5) is 0. The quantitative estimate of drug-likeness (QED) is 0.720. The van der Waals surface area contributed by atoms with E-state index in [1.165, 1.54) is 37.8 Å². The Morgan fingerprint density at radius 2 is 1.76 bits per heavy atom. The largest absolute Gasteiger partial charge is 0.365 e. The van der Waals surface area contributed by atoms with Gasteiger partial charge in [0.05, 0.1) is 0 Å². The Bertz CT molecular complexity index is 374. The van der Waals surface area contributed by atoms with E-state index in [-0.39, 0.29) is 0 Å². The first-order chi connectivity index (χ1) is 8.40. The highest BCUT2D eigenvalue weighted by Gasteiger charge is 2.49. The summed E-state index contributed by atoms with van der Waals surface area (Å²) in [6.07, 6.45) is 18.1. The van der Waals surface area contributed by atoms with Gasteiger partial charge in [0.25, 0.3) is 0 Å². The Labute approximate surface area is 104 Å². The molecule has 0 amide bonds. The van der Waals surface area contributed by atoms with Gasteiger partial charge in [-0.05, 0) is 67.9 Å². The lowest BCUT2D eigenvalue weighted by molar-refractivity contribution is 0.0550. The van der Waals surface area contributed by atoms with E-state index in [4.69, 9.17) is 0 Å². The molecular weight excluding hydrogens is 206 g/mol. The van der Waals surface area contributed by atoms with Gasteiger partial charge < -0.3 is 5.32 Å². The van der Waals surface area contributed by atoms with Crippen molar-refractivity contribution in [1.82, 2.24) is 5.32 Å². The Morgan fingerprint density at radius 1 is 0.941 bits per heavy atom.